The summed E-state index contributed by atoms with van der Waals surface area (Å²) in [7, 11) is -3.20. The van der Waals surface area contributed by atoms with Crippen LogP contribution in [0.5, 0.6) is 0 Å². The second kappa shape index (κ2) is 4.96. The number of benzene rings is 1. The van der Waals surface area contributed by atoms with E-state index in [4.69, 9.17) is 4.42 Å². The minimum atomic E-state index is -3.20. The molecule has 96 valence electrons. The molecule has 5 heteroatoms. The van der Waals surface area contributed by atoms with E-state index in [2.05, 4.69) is 0 Å². The van der Waals surface area contributed by atoms with E-state index >= 15 is 0 Å². The Morgan fingerprint density at radius 1 is 1.22 bits per heavy atom. The molecule has 2 rings (SSSR count). The molecule has 1 N–H and O–H groups in total. The van der Waals surface area contributed by atoms with Crippen molar-refractivity contribution in [1.29, 1.82) is 0 Å². The SMILES string of the molecule is CS(=O)(=O)c1ccc(C(O)Cc2ccco2)cc1. The molecular weight excluding hydrogens is 252 g/mol. The first-order chi connectivity index (χ1) is 8.47. The van der Waals surface area contributed by atoms with Crippen LogP contribution in [0, 0.1) is 0 Å². The Bertz CT molecular complexity index is 597. The Morgan fingerprint density at radius 2 is 1.89 bits per heavy atom. The van der Waals surface area contributed by atoms with Gasteiger partial charge in [0.15, 0.2) is 9.84 Å². The fraction of sp³-hybridized carbons (Fsp3) is 0.231. The van der Waals surface area contributed by atoms with Gasteiger partial charge in [-0.3, -0.25) is 0 Å². The minimum Gasteiger partial charge on any atom is -0.469 e. The number of aliphatic hydroxyl groups is 1. The maximum Gasteiger partial charge on any atom is 0.175 e. The van der Waals surface area contributed by atoms with E-state index in [1.165, 1.54) is 12.1 Å². The topological polar surface area (TPSA) is 67.5 Å². The number of furan rings is 1. The van der Waals surface area contributed by atoms with Crippen molar-refractivity contribution in [3.8, 4) is 0 Å². The van der Waals surface area contributed by atoms with E-state index in [-0.39, 0.29) is 4.90 Å². The smallest absolute Gasteiger partial charge is 0.175 e. The summed E-state index contributed by atoms with van der Waals surface area (Å²) in [6, 6.07) is 9.77. The van der Waals surface area contributed by atoms with Crippen molar-refractivity contribution in [2.45, 2.75) is 17.4 Å². The van der Waals surface area contributed by atoms with Crippen LogP contribution in [0.25, 0.3) is 0 Å². The summed E-state index contributed by atoms with van der Waals surface area (Å²) < 4.78 is 27.7. The molecule has 0 bridgehead atoms. The average molecular weight is 266 g/mol. The fourth-order valence-corrected chi connectivity index (χ4v) is 2.30. The first-order valence-corrected chi connectivity index (χ1v) is 7.36. The molecule has 0 spiro atoms. The van der Waals surface area contributed by atoms with Crippen LogP contribution in [0.1, 0.15) is 17.4 Å². The van der Waals surface area contributed by atoms with E-state index in [0.717, 1.165) is 6.26 Å². The maximum atomic E-state index is 11.3. The monoisotopic (exact) mass is 266 g/mol. The van der Waals surface area contributed by atoms with E-state index < -0.39 is 15.9 Å². The molecule has 0 radical (unpaired) electrons. The Labute approximate surface area is 106 Å². The molecule has 0 aliphatic carbocycles. The molecule has 0 saturated carbocycles. The summed E-state index contributed by atoms with van der Waals surface area (Å²) >= 11 is 0. The maximum absolute atomic E-state index is 11.3. The van der Waals surface area contributed by atoms with E-state index in [1.54, 1.807) is 30.5 Å². The van der Waals surface area contributed by atoms with E-state index in [9.17, 15) is 13.5 Å². The van der Waals surface area contributed by atoms with Crippen LogP contribution in [0.3, 0.4) is 0 Å². The van der Waals surface area contributed by atoms with Gasteiger partial charge in [0, 0.05) is 12.7 Å². The van der Waals surface area contributed by atoms with Crippen molar-refractivity contribution in [2.24, 2.45) is 0 Å². The molecule has 2 aromatic rings. The summed E-state index contributed by atoms with van der Waals surface area (Å²) in [6.45, 7) is 0. The summed E-state index contributed by atoms with van der Waals surface area (Å²) in [5.74, 6) is 0.690. The molecule has 0 saturated heterocycles. The van der Waals surface area contributed by atoms with Crippen molar-refractivity contribution < 1.29 is 17.9 Å². The molecule has 0 aliphatic heterocycles. The third kappa shape index (κ3) is 3.00. The predicted molar refractivity (Wildman–Crippen MR) is 66.9 cm³/mol. The molecule has 1 atom stereocenters. The van der Waals surface area contributed by atoms with Crippen LogP contribution in [0.15, 0.2) is 52.0 Å². The van der Waals surface area contributed by atoms with Gasteiger partial charge in [-0.05, 0) is 29.8 Å². The number of hydrogen-bond acceptors (Lipinski definition) is 4. The zero-order valence-corrected chi connectivity index (χ0v) is 10.7. The molecular formula is C13H14O4S. The van der Waals surface area contributed by atoms with Gasteiger partial charge in [-0.25, -0.2) is 8.42 Å². The lowest BCUT2D eigenvalue weighted by atomic mass is 10.1. The first-order valence-electron chi connectivity index (χ1n) is 5.47. The summed E-state index contributed by atoms with van der Waals surface area (Å²) in [4.78, 5) is 0.247. The third-order valence-corrected chi connectivity index (χ3v) is 3.80. The minimum absolute atomic E-state index is 0.247. The molecule has 0 amide bonds. The number of rotatable bonds is 4. The standard InChI is InChI=1S/C13H14O4S/c1-18(15,16)12-6-4-10(5-7-12)13(14)9-11-3-2-8-17-11/h2-8,13-14H,9H2,1H3. The zero-order chi connectivity index (χ0) is 13.2. The number of aliphatic hydroxyl groups excluding tert-OH is 1. The summed E-state index contributed by atoms with van der Waals surface area (Å²) in [5, 5.41) is 9.98. The van der Waals surface area contributed by atoms with Gasteiger partial charge in [0.1, 0.15) is 5.76 Å². The lowest BCUT2D eigenvalue weighted by Crippen LogP contribution is -2.02. The van der Waals surface area contributed by atoms with Crippen molar-refractivity contribution in [3.05, 3.63) is 54.0 Å². The van der Waals surface area contributed by atoms with Crippen LogP contribution in [-0.2, 0) is 16.3 Å². The Kier molecular flexibility index (Phi) is 3.54. The van der Waals surface area contributed by atoms with Crippen molar-refractivity contribution in [2.75, 3.05) is 6.26 Å². The van der Waals surface area contributed by atoms with Crippen LogP contribution >= 0.6 is 0 Å². The van der Waals surface area contributed by atoms with Crippen molar-refractivity contribution >= 4 is 9.84 Å². The second-order valence-corrected chi connectivity index (χ2v) is 6.16. The highest BCUT2D eigenvalue weighted by Gasteiger charge is 2.12. The van der Waals surface area contributed by atoms with Gasteiger partial charge in [-0.2, -0.15) is 0 Å². The Balaban J connectivity index is 2.14. The molecule has 4 nitrogen and oxygen atoms in total. The quantitative estimate of drug-likeness (QED) is 0.918. The lowest BCUT2D eigenvalue weighted by molar-refractivity contribution is 0.170. The molecule has 1 aromatic heterocycles. The van der Waals surface area contributed by atoms with E-state index in [1.807, 2.05) is 0 Å². The lowest BCUT2D eigenvalue weighted by Gasteiger charge is -2.09. The predicted octanol–water partition coefficient (Wildman–Crippen LogP) is 1.96. The summed E-state index contributed by atoms with van der Waals surface area (Å²) in [5.41, 5.74) is 0.666. The van der Waals surface area contributed by atoms with Gasteiger partial charge < -0.3 is 9.52 Å². The van der Waals surface area contributed by atoms with Gasteiger partial charge in [0.05, 0.1) is 17.3 Å². The molecule has 1 heterocycles. The molecule has 0 fully saturated rings. The first kappa shape index (κ1) is 12.9. The normalized spacial score (nSPS) is 13.4. The Hall–Kier alpha value is -1.59. The van der Waals surface area contributed by atoms with Crippen molar-refractivity contribution in [1.82, 2.24) is 0 Å². The number of hydrogen-bond donors (Lipinski definition) is 1. The van der Waals surface area contributed by atoms with Crippen LogP contribution < -0.4 is 0 Å². The molecule has 18 heavy (non-hydrogen) atoms. The van der Waals surface area contributed by atoms with Gasteiger partial charge in [0.2, 0.25) is 0 Å². The van der Waals surface area contributed by atoms with Gasteiger partial charge in [0.25, 0.3) is 0 Å². The third-order valence-electron chi connectivity index (χ3n) is 2.67. The van der Waals surface area contributed by atoms with E-state index in [0.29, 0.717) is 17.7 Å². The van der Waals surface area contributed by atoms with Crippen molar-refractivity contribution in [3.63, 3.8) is 0 Å². The number of sulfone groups is 1. The van der Waals surface area contributed by atoms with Crippen LogP contribution in [-0.4, -0.2) is 19.8 Å². The van der Waals surface area contributed by atoms with Crippen LogP contribution in [0.2, 0.25) is 0 Å². The molecule has 0 aliphatic rings. The highest BCUT2D eigenvalue weighted by Crippen LogP contribution is 2.20. The highest BCUT2D eigenvalue weighted by atomic mass is 32.2. The average Bonchev–Trinajstić information content (AvgIpc) is 2.81. The fourth-order valence-electron chi connectivity index (χ4n) is 1.67. The molecule has 1 unspecified atom stereocenters. The largest absolute Gasteiger partial charge is 0.469 e. The van der Waals surface area contributed by atoms with Gasteiger partial charge in [-0.1, -0.05) is 12.1 Å². The van der Waals surface area contributed by atoms with Gasteiger partial charge in [-0.15, -0.1) is 0 Å². The van der Waals surface area contributed by atoms with Gasteiger partial charge >= 0.3 is 0 Å². The molecule has 1 aromatic carbocycles. The summed E-state index contributed by atoms with van der Waals surface area (Å²) in [6.07, 6.45) is 2.37. The Morgan fingerprint density at radius 3 is 2.39 bits per heavy atom. The zero-order valence-electron chi connectivity index (χ0n) is 9.91. The second-order valence-electron chi connectivity index (χ2n) is 4.14. The highest BCUT2D eigenvalue weighted by molar-refractivity contribution is 7.90. The van der Waals surface area contributed by atoms with Crippen LogP contribution in [0.4, 0.5) is 0 Å².